The van der Waals surface area contributed by atoms with E-state index in [2.05, 4.69) is 0 Å². The lowest BCUT2D eigenvalue weighted by Crippen LogP contribution is -2.53. The molecule has 8 heteroatoms. The van der Waals surface area contributed by atoms with Crippen molar-refractivity contribution >= 4 is 40.9 Å². The van der Waals surface area contributed by atoms with Gasteiger partial charge in [-0.2, -0.15) is 0 Å². The van der Waals surface area contributed by atoms with E-state index >= 15 is 4.79 Å². The number of carbonyl (C=O) groups is 4. The normalized spacial score (nSPS) is 28.2. The second-order valence-electron chi connectivity index (χ2n) is 12.9. The van der Waals surface area contributed by atoms with Crippen molar-refractivity contribution in [2.75, 3.05) is 4.90 Å². The minimum Gasteiger partial charge on any atom is -0.508 e. The lowest BCUT2D eigenvalue weighted by Gasteiger charge is -2.50. The highest BCUT2D eigenvalue weighted by molar-refractivity contribution is 6.32. The third-order valence-electron chi connectivity index (χ3n) is 10.7. The predicted molar refractivity (Wildman–Crippen MR) is 176 cm³/mol. The monoisotopic (exact) mass is 642 g/mol. The number of imide groups is 2. The average molecular weight is 643 g/mol. The van der Waals surface area contributed by atoms with Gasteiger partial charge in [-0.25, -0.2) is 4.90 Å². The number of hydrogen-bond donors (Lipinski definition) is 1. The number of hydrogen-bond acceptors (Lipinski definition) is 5. The fourth-order valence-electron chi connectivity index (χ4n) is 8.81. The van der Waals surface area contributed by atoms with Gasteiger partial charge in [0.05, 0.1) is 35.4 Å². The van der Waals surface area contributed by atoms with Crippen LogP contribution in [0.2, 0.25) is 5.02 Å². The smallest absolute Gasteiger partial charge is 0.246 e. The second kappa shape index (κ2) is 11.1. The van der Waals surface area contributed by atoms with Gasteiger partial charge in [0.2, 0.25) is 23.6 Å². The van der Waals surface area contributed by atoms with Crippen LogP contribution < -0.4 is 4.90 Å². The van der Waals surface area contributed by atoms with Gasteiger partial charge < -0.3 is 5.11 Å². The standard InChI is InChI=1S/C39H31ClN2O5/c40-25-14-9-15-26(20-25)42-36(45)31-21-30-27(18-19-29-33(30)37(46)41(35(29)44)22-23-10-3-1-4-11-23)34(28-16-7-8-17-32(28)43)39(31,38(42)47)24-12-5-2-6-13-24/h1-18,20,29-31,33-34,43H,19,21-22H2/t29-,30+,31-,33-,34+,39+/m0/s1. The number of allylic oxidation sites excluding steroid dienone is 2. The molecule has 3 fully saturated rings. The Morgan fingerprint density at radius 2 is 1.47 bits per heavy atom. The summed E-state index contributed by atoms with van der Waals surface area (Å²) in [6, 6.07) is 32.3. The maximum Gasteiger partial charge on any atom is 0.246 e. The first-order valence-electron chi connectivity index (χ1n) is 15.9. The van der Waals surface area contributed by atoms with Gasteiger partial charge in [0.1, 0.15) is 5.75 Å². The summed E-state index contributed by atoms with van der Waals surface area (Å²) in [5.74, 6) is -4.67. The molecule has 0 aromatic heterocycles. The third kappa shape index (κ3) is 4.26. The van der Waals surface area contributed by atoms with E-state index in [1.54, 1.807) is 48.5 Å². The summed E-state index contributed by atoms with van der Waals surface area (Å²) in [7, 11) is 0. The van der Waals surface area contributed by atoms with Gasteiger partial charge >= 0.3 is 0 Å². The van der Waals surface area contributed by atoms with Crippen LogP contribution in [0.4, 0.5) is 5.69 Å². The first-order valence-corrected chi connectivity index (χ1v) is 16.3. The first kappa shape index (κ1) is 29.4. The van der Waals surface area contributed by atoms with Crippen molar-refractivity contribution in [2.45, 2.75) is 30.7 Å². The molecule has 0 radical (unpaired) electrons. The number of phenolic OH excluding ortho intramolecular Hbond substituents is 1. The van der Waals surface area contributed by atoms with E-state index in [1.165, 1.54) is 9.80 Å². The van der Waals surface area contributed by atoms with Crippen LogP contribution in [-0.4, -0.2) is 33.6 Å². The molecule has 1 N–H and O–H groups in total. The molecule has 2 heterocycles. The lowest BCUT2D eigenvalue weighted by atomic mass is 9.49. The summed E-state index contributed by atoms with van der Waals surface area (Å²) in [5.41, 5.74) is 1.76. The highest BCUT2D eigenvalue weighted by Crippen LogP contribution is 2.65. The van der Waals surface area contributed by atoms with Crippen LogP contribution >= 0.6 is 11.6 Å². The molecule has 0 spiro atoms. The van der Waals surface area contributed by atoms with E-state index in [9.17, 15) is 19.5 Å². The molecule has 2 aliphatic carbocycles. The SMILES string of the molecule is O=C1[C@H]2[C@H](CC=C3[C@H]2C[C@H]2C(=O)N(c4cccc(Cl)c4)C(=O)[C@@]2(c2ccccc2)[C@H]3c2ccccc2O)C(=O)N1Cc1ccccc1. The van der Waals surface area contributed by atoms with Crippen LogP contribution in [0.25, 0.3) is 0 Å². The molecule has 6 atom stereocenters. The minimum absolute atomic E-state index is 0.00351. The Bertz CT molecular complexity index is 1980. The molecule has 8 rings (SSSR count). The summed E-state index contributed by atoms with van der Waals surface area (Å²) < 4.78 is 0. The highest BCUT2D eigenvalue weighted by Gasteiger charge is 2.70. The fraction of sp³-hybridized carbons (Fsp3) is 0.231. The van der Waals surface area contributed by atoms with Crippen LogP contribution in [0.15, 0.2) is 121 Å². The van der Waals surface area contributed by atoms with E-state index in [1.807, 2.05) is 66.7 Å². The molecule has 0 unspecified atom stereocenters. The van der Waals surface area contributed by atoms with E-state index in [-0.39, 0.29) is 36.4 Å². The molecule has 234 valence electrons. The Morgan fingerprint density at radius 1 is 0.766 bits per heavy atom. The van der Waals surface area contributed by atoms with Gasteiger partial charge in [-0.05, 0) is 54.2 Å². The fourth-order valence-corrected chi connectivity index (χ4v) is 8.99. The Labute approximate surface area is 277 Å². The number of anilines is 1. The van der Waals surface area contributed by atoms with Crippen molar-refractivity contribution < 1.29 is 24.3 Å². The van der Waals surface area contributed by atoms with E-state index in [0.717, 1.165) is 11.1 Å². The molecule has 0 bridgehead atoms. The van der Waals surface area contributed by atoms with Crippen molar-refractivity contribution in [3.05, 3.63) is 143 Å². The maximum atomic E-state index is 15.2. The molecule has 4 aromatic carbocycles. The summed E-state index contributed by atoms with van der Waals surface area (Å²) in [5, 5.41) is 11.8. The van der Waals surface area contributed by atoms with Crippen LogP contribution in [0.1, 0.15) is 35.4 Å². The Hall–Kier alpha value is -5.01. The van der Waals surface area contributed by atoms with Gasteiger partial charge in [0.25, 0.3) is 0 Å². The average Bonchev–Trinajstić information content (AvgIpc) is 3.46. The van der Waals surface area contributed by atoms with E-state index < -0.39 is 40.9 Å². The molecular weight excluding hydrogens is 612 g/mol. The van der Waals surface area contributed by atoms with Crippen LogP contribution in [0, 0.1) is 23.7 Å². The molecule has 47 heavy (non-hydrogen) atoms. The van der Waals surface area contributed by atoms with Crippen molar-refractivity contribution in [1.29, 1.82) is 0 Å². The number of rotatable bonds is 5. The van der Waals surface area contributed by atoms with Gasteiger partial charge in [-0.15, -0.1) is 0 Å². The van der Waals surface area contributed by atoms with Gasteiger partial charge in [-0.3, -0.25) is 24.1 Å². The lowest BCUT2D eigenvalue weighted by molar-refractivity contribution is -0.141. The van der Waals surface area contributed by atoms with Crippen molar-refractivity contribution in [3.8, 4) is 5.75 Å². The first-order chi connectivity index (χ1) is 22.8. The molecule has 4 aliphatic rings. The number of phenols is 1. The third-order valence-corrected chi connectivity index (χ3v) is 10.9. The molecule has 2 aliphatic heterocycles. The van der Waals surface area contributed by atoms with Gasteiger partial charge in [-0.1, -0.05) is 108 Å². The number of fused-ring (bicyclic) bond motifs is 4. The number of amides is 4. The Kier molecular flexibility index (Phi) is 6.92. The number of nitrogens with zero attached hydrogens (tertiary/aromatic N) is 2. The molecule has 4 amide bonds. The molecule has 2 saturated heterocycles. The Balaban J connectivity index is 1.33. The number of benzene rings is 4. The summed E-state index contributed by atoms with van der Waals surface area (Å²) in [6.45, 7) is 0.174. The molecular formula is C39H31ClN2O5. The molecule has 4 aromatic rings. The van der Waals surface area contributed by atoms with Crippen molar-refractivity contribution in [1.82, 2.24) is 4.90 Å². The zero-order valence-electron chi connectivity index (χ0n) is 25.3. The van der Waals surface area contributed by atoms with Crippen molar-refractivity contribution in [2.24, 2.45) is 23.7 Å². The molecule has 1 saturated carbocycles. The van der Waals surface area contributed by atoms with Crippen LogP contribution in [0.3, 0.4) is 0 Å². The van der Waals surface area contributed by atoms with Crippen LogP contribution in [0.5, 0.6) is 5.75 Å². The number of para-hydroxylation sites is 1. The minimum atomic E-state index is -1.43. The Morgan fingerprint density at radius 3 is 2.19 bits per heavy atom. The topological polar surface area (TPSA) is 95.0 Å². The van der Waals surface area contributed by atoms with Gasteiger partial charge in [0.15, 0.2) is 0 Å². The number of aromatic hydroxyl groups is 1. The largest absolute Gasteiger partial charge is 0.508 e. The quantitative estimate of drug-likeness (QED) is 0.201. The zero-order valence-corrected chi connectivity index (χ0v) is 26.1. The summed E-state index contributed by atoms with van der Waals surface area (Å²) in [4.78, 5) is 60.6. The van der Waals surface area contributed by atoms with Gasteiger partial charge in [0, 0.05) is 16.5 Å². The highest BCUT2D eigenvalue weighted by atomic mass is 35.5. The van der Waals surface area contributed by atoms with Crippen molar-refractivity contribution in [3.63, 3.8) is 0 Å². The number of halogens is 1. The zero-order chi connectivity index (χ0) is 32.4. The van der Waals surface area contributed by atoms with Crippen LogP contribution in [-0.2, 0) is 31.1 Å². The summed E-state index contributed by atoms with van der Waals surface area (Å²) in [6.07, 6.45) is 2.53. The van der Waals surface area contributed by atoms with E-state index in [0.29, 0.717) is 28.3 Å². The summed E-state index contributed by atoms with van der Waals surface area (Å²) >= 11 is 6.36. The maximum absolute atomic E-state index is 15.2. The number of likely N-dealkylation sites (tertiary alicyclic amines) is 1. The van der Waals surface area contributed by atoms with E-state index in [4.69, 9.17) is 11.6 Å². The predicted octanol–water partition coefficient (Wildman–Crippen LogP) is 6.41. The number of carbonyl (C=O) groups excluding carboxylic acids is 4. The second-order valence-corrected chi connectivity index (χ2v) is 13.3. The molecule has 7 nitrogen and oxygen atoms in total.